The fourth-order valence-corrected chi connectivity index (χ4v) is 4.07. The third-order valence-electron chi connectivity index (χ3n) is 4.77. The number of carbonyl (C=O) groups excluding carboxylic acids is 1. The van der Waals surface area contributed by atoms with Gasteiger partial charge in [0.2, 0.25) is 11.8 Å². The molecule has 3 rings (SSSR count). The van der Waals surface area contributed by atoms with Crippen LogP contribution in [0.1, 0.15) is 31.0 Å². The first kappa shape index (κ1) is 16.7. The van der Waals surface area contributed by atoms with E-state index in [1.165, 1.54) is 0 Å². The zero-order valence-electron chi connectivity index (χ0n) is 13.5. The average molecular weight is 340 g/mol. The van der Waals surface area contributed by atoms with Gasteiger partial charge in [-0.25, -0.2) is 0 Å². The third kappa shape index (κ3) is 3.54. The number of aliphatic hydroxyl groups excluding tert-OH is 1. The lowest BCUT2D eigenvalue weighted by atomic mass is 9.78. The molecule has 1 spiro atoms. The molecule has 0 aromatic carbocycles. The van der Waals surface area contributed by atoms with Crippen molar-refractivity contribution in [3.05, 3.63) is 11.7 Å². The molecule has 128 valence electrons. The van der Waals surface area contributed by atoms with Crippen LogP contribution in [0.3, 0.4) is 0 Å². The largest absolute Gasteiger partial charge is 0.395 e. The maximum atomic E-state index is 12.8. The molecule has 1 atom stereocenters. The van der Waals surface area contributed by atoms with Crippen molar-refractivity contribution in [3.8, 4) is 0 Å². The van der Waals surface area contributed by atoms with E-state index < -0.39 is 0 Å². The molecule has 0 aliphatic carbocycles. The van der Waals surface area contributed by atoms with Gasteiger partial charge in [0.15, 0.2) is 5.82 Å². The lowest BCUT2D eigenvalue weighted by Crippen LogP contribution is -2.50. The molecular formula is C15H24N4O3S. The van der Waals surface area contributed by atoms with Gasteiger partial charge in [0.25, 0.3) is 0 Å². The van der Waals surface area contributed by atoms with Crippen LogP contribution in [-0.2, 0) is 17.1 Å². The van der Waals surface area contributed by atoms with Gasteiger partial charge >= 0.3 is 0 Å². The van der Waals surface area contributed by atoms with Gasteiger partial charge in [0, 0.05) is 19.6 Å². The zero-order valence-corrected chi connectivity index (χ0v) is 14.3. The van der Waals surface area contributed by atoms with Crippen LogP contribution in [0.4, 0.5) is 0 Å². The van der Waals surface area contributed by atoms with Crippen LogP contribution in [0.15, 0.2) is 4.52 Å². The van der Waals surface area contributed by atoms with Crippen molar-refractivity contribution < 1.29 is 14.4 Å². The molecule has 1 aromatic heterocycles. The maximum absolute atomic E-state index is 12.8. The van der Waals surface area contributed by atoms with Gasteiger partial charge in [-0.15, -0.1) is 0 Å². The summed E-state index contributed by atoms with van der Waals surface area (Å²) in [6.45, 7) is 3.47. The third-order valence-corrected chi connectivity index (χ3v) is 5.32. The Morgan fingerprint density at radius 1 is 1.39 bits per heavy atom. The molecule has 1 amide bonds. The molecule has 1 aromatic rings. The summed E-state index contributed by atoms with van der Waals surface area (Å²) in [5.41, 5.74) is -0.282. The van der Waals surface area contributed by atoms with E-state index in [4.69, 9.17) is 9.63 Å². The van der Waals surface area contributed by atoms with Gasteiger partial charge in [-0.1, -0.05) is 5.16 Å². The molecule has 2 aliphatic rings. The number of β-amino-alcohol motifs (C(OH)–C–C–N with tert-alkyl or cyclic N) is 1. The first-order chi connectivity index (χ1) is 11.2. The quantitative estimate of drug-likeness (QED) is 0.818. The van der Waals surface area contributed by atoms with E-state index in [-0.39, 0.29) is 17.9 Å². The topological polar surface area (TPSA) is 82.7 Å². The van der Waals surface area contributed by atoms with Crippen molar-refractivity contribution in [1.82, 2.24) is 19.9 Å². The SMILES string of the molecule is CSCc1noc(CN2CCC3(CCCN(CCO)C3=O)C2)n1. The standard InChI is InChI=1S/C15H24N4O3S/c1-23-10-12-16-13(22-17-12)9-18-6-4-15(11-18)3-2-5-19(7-8-20)14(15)21/h20H,2-11H2,1H3. The second-order valence-electron chi connectivity index (χ2n) is 6.40. The number of piperidine rings is 1. The van der Waals surface area contributed by atoms with Crippen molar-refractivity contribution in [2.45, 2.75) is 31.6 Å². The highest BCUT2D eigenvalue weighted by atomic mass is 32.2. The van der Waals surface area contributed by atoms with Gasteiger partial charge in [0.05, 0.1) is 24.3 Å². The number of nitrogens with zero attached hydrogens (tertiary/aromatic N) is 4. The van der Waals surface area contributed by atoms with Crippen LogP contribution in [0.25, 0.3) is 0 Å². The fraction of sp³-hybridized carbons (Fsp3) is 0.800. The summed E-state index contributed by atoms with van der Waals surface area (Å²) >= 11 is 1.66. The Hall–Kier alpha value is -1.12. The highest BCUT2D eigenvalue weighted by Gasteiger charge is 2.48. The number of thioether (sulfide) groups is 1. The summed E-state index contributed by atoms with van der Waals surface area (Å²) in [7, 11) is 0. The monoisotopic (exact) mass is 340 g/mol. The predicted octanol–water partition coefficient (Wildman–Crippen LogP) is 0.739. The van der Waals surface area contributed by atoms with E-state index in [1.807, 2.05) is 11.2 Å². The molecule has 1 unspecified atom stereocenters. The lowest BCUT2D eigenvalue weighted by molar-refractivity contribution is -0.146. The number of aromatic nitrogens is 2. The first-order valence-corrected chi connectivity index (χ1v) is 9.49. The Morgan fingerprint density at radius 3 is 3.04 bits per heavy atom. The van der Waals surface area contributed by atoms with Crippen molar-refractivity contribution >= 4 is 17.7 Å². The van der Waals surface area contributed by atoms with Crippen LogP contribution >= 0.6 is 11.8 Å². The van der Waals surface area contributed by atoms with Gasteiger partial charge in [-0.05, 0) is 32.1 Å². The smallest absolute Gasteiger partial charge is 0.240 e. The minimum Gasteiger partial charge on any atom is -0.395 e. The van der Waals surface area contributed by atoms with Crippen molar-refractivity contribution in [2.75, 3.05) is 39.0 Å². The summed E-state index contributed by atoms with van der Waals surface area (Å²) in [5, 5.41) is 13.1. The van der Waals surface area contributed by atoms with E-state index in [0.29, 0.717) is 19.0 Å². The van der Waals surface area contributed by atoms with Crippen molar-refractivity contribution in [1.29, 1.82) is 0 Å². The van der Waals surface area contributed by atoms with Crippen LogP contribution in [0, 0.1) is 5.41 Å². The number of amides is 1. The number of aliphatic hydroxyl groups is 1. The van der Waals surface area contributed by atoms with Crippen LogP contribution in [0.5, 0.6) is 0 Å². The van der Waals surface area contributed by atoms with Crippen LogP contribution in [0.2, 0.25) is 0 Å². The Bertz CT molecular complexity index is 551. The van der Waals surface area contributed by atoms with E-state index in [9.17, 15) is 4.79 Å². The van der Waals surface area contributed by atoms with E-state index in [0.717, 1.165) is 50.5 Å². The number of hydrogen-bond acceptors (Lipinski definition) is 7. The summed E-state index contributed by atoms with van der Waals surface area (Å²) < 4.78 is 5.30. The first-order valence-electron chi connectivity index (χ1n) is 8.10. The normalized spacial score (nSPS) is 25.7. The van der Waals surface area contributed by atoms with E-state index >= 15 is 0 Å². The average Bonchev–Trinajstić information content (AvgIpc) is 3.14. The molecule has 0 saturated carbocycles. The fourth-order valence-electron chi connectivity index (χ4n) is 3.69. The highest BCUT2D eigenvalue weighted by Crippen LogP contribution is 2.40. The number of hydrogen-bond donors (Lipinski definition) is 1. The molecule has 0 radical (unpaired) electrons. The number of carbonyl (C=O) groups is 1. The number of rotatable bonds is 6. The van der Waals surface area contributed by atoms with Gasteiger partial charge in [-0.2, -0.15) is 16.7 Å². The molecule has 7 nitrogen and oxygen atoms in total. The van der Waals surface area contributed by atoms with Crippen molar-refractivity contribution in [3.63, 3.8) is 0 Å². The molecule has 3 heterocycles. The Balaban J connectivity index is 1.61. The molecule has 8 heteroatoms. The Morgan fingerprint density at radius 2 is 2.26 bits per heavy atom. The van der Waals surface area contributed by atoms with Crippen LogP contribution in [-0.4, -0.2) is 70.0 Å². The molecule has 2 aliphatic heterocycles. The minimum absolute atomic E-state index is 0.0335. The minimum atomic E-state index is -0.282. The molecule has 2 saturated heterocycles. The van der Waals surface area contributed by atoms with Gasteiger partial charge < -0.3 is 14.5 Å². The summed E-state index contributed by atoms with van der Waals surface area (Å²) in [5.74, 6) is 2.31. The zero-order chi connectivity index (χ0) is 16.3. The Labute approximate surface area is 140 Å². The van der Waals surface area contributed by atoms with Gasteiger partial charge in [0.1, 0.15) is 0 Å². The summed E-state index contributed by atoms with van der Waals surface area (Å²) in [4.78, 5) is 21.2. The molecular weight excluding hydrogens is 316 g/mol. The maximum Gasteiger partial charge on any atom is 0.240 e. The second kappa shape index (κ2) is 7.19. The lowest BCUT2D eigenvalue weighted by Gasteiger charge is -2.39. The predicted molar refractivity (Wildman–Crippen MR) is 86.7 cm³/mol. The molecule has 2 fully saturated rings. The second-order valence-corrected chi connectivity index (χ2v) is 7.26. The van der Waals surface area contributed by atoms with Crippen LogP contribution < -0.4 is 0 Å². The van der Waals surface area contributed by atoms with E-state index in [1.54, 1.807) is 11.8 Å². The molecule has 0 bridgehead atoms. The van der Waals surface area contributed by atoms with Gasteiger partial charge in [-0.3, -0.25) is 9.69 Å². The molecule has 1 N–H and O–H groups in total. The summed E-state index contributed by atoms with van der Waals surface area (Å²) in [6, 6.07) is 0. The number of likely N-dealkylation sites (tertiary alicyclic amines) is 2. The van der Waals surface area contributed by atoms with Crippen molar-refractivity contribution in [2.24, 2.45) is 5.41 Å². The summed E-state index contributed by atoms with van der Waals surface area (Å²) in [6.07, 6.45) is 4.83. The highest BCUT2D eigenvalue weighted by molar-refractivity contribution is 7.97. The molecule has 23 heavy (non-hydrogen) atoms. The van der Waals surface area contributed by atoms with E-state index in [2.05, 4.69) is 15.0 Å². The Kier molecular flexibility index (Phi) is 5.23.